The number of hydrogen-bond donors (Lipinski definition) is 0. The first-order chi connectivity index (χ1) is 13.2. The highest BCUT2D eigenvalue weighted by molar-refractivity contribution is 7.18. The highest BCUT2D eigenvalue weighted by Gasteiger charge is 2.33. The van der Waals surface area contributed by atoms with E-state index in [0.29, 0.717) is 5.92 Å². The Morgan fingerprint density at radius 3 is 2.81 bits per heavy atom. The van der Waals surface area contributed by atoms with Crippen LogP contribution in [-0.4, -0.2) is 33.4 Å². The van der Waals surface area contributed by atoms with Gasteiger partial charge in [-0.05, 0) is 55.9 Å². The van der Waals surface area contributed by atoms with Gasteiger partial charge in [0.05, 0.1) is 11.7 Å². The molecule has 5 rings (SSSR count). The molecule has 6 heteroatoms. The monoisotopic (exact) mass is 385 g/mol. The molecule has 2 fully saturated rings. The summed E-state index contributed by atoms with van der Waals surface area (Å²) in [5.41, 5.74) is 1.17. The Labute approximate surface area is 163 Å². The molecule has 2 aliphatic carbocycles. The molecule has 3 heterocycles. The number of piperidine rings is 1. The number of nitrogens with zero attached hydrogens (tertiary/aromatic N) is 3. The summed E-state index contributed by atoms with van der Waals surface area (Å²) < 4.78 is 1.54. The molecule has 0 unspecified atom stereocenters. The van der Waals surface area contributed by atoms with Gasteiger partial charge < -0.3 is 4.90 Å². The quantitative estimate of drug-likeness (QED) is 0.796. The standard InChI is InChI=1S/C21H27N3O2S/c25-18(23-10-9-14-5-1-2-6-15(14)11-23)12-24-13-22-20-19(21(24)26)16-7-3-4-8-17(16)27-20/h13-15H,1-12H2/t14-,15+/m1/s1. The molecule has 0 aromatic carbocycles. The predicted molar refractivity (Wildman–Crippen MR) is 107 cm³/mol. The van der Waals surface area contributed by atoms with Crippen LogP contribution < -0.4 is 5.56 Å². The third kappa shape index (κ3) is 3.12. The Balaban J connectivity index is 1.37. The van der Waals surface area contributed by atoms with Crippen LogP contribution in [0.5, 0.6) is 0 Å². The predicted octanol–water partition coefficient (Wildman–Crippen LogP) is 3.38. The molecule has 2 aromatic rings. The number of thiophene rings is 1. The average molecular weight is 386 g/mol. The first-order valence-corrected chi connectivity index (χ1v) is 11.3. The Bertz CT molecular complexity index is 931. The van der Waals surface area contributed by atoms with E-state index in [0.717, 1.165) is 54.9 Å². The molecule has 1 aliphatic heterocycles. The molecular weight excluding hydrogens is 358 g/mol. The van der Waals surface area contributed by atoms with Gasteiger partial charge in [-0.2, -0.15) is 0 Å². The van der Waals surface area contributed by atoms with E-state index in [4.69, 9.17) is 0 Å². The lowest BCUT2D eigenvalue weighted by Gasteiger charge is -2.41. The third-order valence-electron chi connectivity index (χ3n) is 6.89. The molecule has 0 bridgehead atoms. The number of carbonyl (C=O) groups is 1. The van der Waals surface area contributed by atoms with Crippen LogP contribution in [0.4, 0.5) is 0 Å². The fourth-order valence-electron chi connectivity index (χ4n) is 5.37. The van der Waals surface area contributed by atoms with Gasteiger partial charge >= 0.3 is 0 Å². The smallest absolute Gasteiger partial charge is 0.262 e. The second-order valence-corrected chi connectivity index (χ2v) is 9.59. The number of carbonyl (C=O) groups excluding carboxylic acids is 1. The van der Waals surface area contributed by atoms with Gasteiger partial charge in [-0.1, -0.05) is 19.3 Å². The van der Waals surface area contributed by atoms with Crippen LogP contribution in [0.25, 0.3) is 10.2 Å². The van der Waals surface area contributed by atoms with E-state index < -0.39 is 0 Å². The van der Waals surface area contributed by atoms with Crippen molar-refractivity contribution in [1.29, 1.82) is 0 Å². The van der Waals surface area contributed by atoms with Gasteiger partial charge in [0.1, 0.15) is 11.4 Å². The summed E-state index contributed by atoms with van der Waals surface area (Å²) in [6.45, 7) is 1.85. The maximum atomic E-state index is 13.1. The summed E-state index contributed by atoms with van der Waals surface area (Å²) in [6.07, 6.45) is 12.3. The van der Waals surface area contributed by atoms with Crippen molar-refractivity contribution in [2.45, 2.75) is 64.3 Å². The van der Waals surface area contributed by atoms with Gasteiger partial charge in [-0.3, -0.25) is 14.2 Å². The zero-order valence-corrected chi connectivity index (χ0v) is 16.6. The average Bonchev–Trinajstić information content (AvgIpc) is 3.09. The van der Waals surface area contributed by atoms with Crippen LogP contribution in [0.1, 0.15) is 55.4 Å². The number of fused-ring (bicyclic) bond motifs is 4. The van der Waals surface area contributed by atoms with Crippen molar-refractivity contribution in [1.82, 2.24) is 14.5 Å². The maximum absolute atomic E-state index is 13.1. The van der Waals surface area contributed by atoms with E-state index in [2.05, 4.69) is 4.98 Å². The summed E-state index contributed by atoms with van der Waals surface area (Å²) in [5.74, 6) is 1.55. The van der Waals surface area contributed by atoms with E-state index in [1.165, 1.54) is 42.5 Å². The number of likely N-dealkylation sites (tertiary alicyclic amines) is 1. The van der Waals surface area contributed by atoms with E-state index in [1.54, 1.807) is 22.2 Å². The minimum Gasteiger partial charge on any atom is -0.341 e. The van der Waals surface area contributed by atoms with Crippen LogP contribution in [0.2, 0.25) is 0 Å². The Morgan fingerprint density at radius 1 is 1.11 bits per heavy atom. The zero-order valence-electron chi connectivity index (χ0n) is 15.8. The Hall–Kier alpha value is -1.69. The number of rotatable bonds is 2. The SMILES string of the molecule is O=C(Cn1cnc2sc3c(c2c1=O)CCCC3)N1CC[C@H]2CCCC[C@H]2C1. The minimum absolute atomic E-state index is 0.0275. The number of aromatic nitrogens is 2. The largest absolute Gasteiger partial charge is 0.341 e. The molecule has 3 aliphatic rings. The lowest BCUT2D eigenvalue weighted by atomic mass is 9.75. The maximum Gasteiger partial charge on any atom is 0.262 e. The van der Waals surface area contributed by atoms with Crippen molar-refractivity contribution in [2.24, 2.45) is 11.8 Å². The molecule has 5 nitrogen and oxygen atoms in total. The topological polar surface area (TPSA) is 55.2 Å². The highest BCUT2D eigenvalue weighted by atomic mass is 32.1. The Morgan fingerprint density at radius 2 is 1.93 bits per heavy atom. The molecule has 0 radical (unpaired) electrons. The van der Waals surface area contributed by atoms with Gasteiger partial charge in [0.25, 0.3) is 5.56 Å². The molecule has 144 valence electrons. The summed E-state index contributed by atoms with van der Waals surface area (Å²) >= 11 is 1.66. The van der Waals surface area contributed by atoms with Crippen LogP contribution in [0, 0.1) is 11.8 Å². The molecule has 2 aromatic heterocycles. The van der Waals surface area contributed by atoms with Crippen molar-refractivity contribution in [3.8, 4) is 0 Å². The molecular formula is C21H27N3O2S. The van der Waals surface area contributed by atoms with Gasteiger partial charge in [0.15, 0.2) is 0 Å². The number of aryl methyl sites for hydroxylation is 2. The third-order valence-corrected chi connectivity index (χ3v) is 8.09. The lowest BCUT2D eigenvalue weighted by molar-refractivity contribution is -0.135. The summed E-state index contributed by atoms with van der Waals surface area (Å²) in [6, 6.07) is 0. The highest BCUT2D eigenvalue weighted by Crippen LogP contribution is 2.36. The first kappa shape index (κ1) is 17.4. The fourth-order valence-corrected chi connectivity index (χ4v) is 6.59. The molecule has 1 saturated carbocycles. The second-order valence-electron chi connectivity index (χ2n) is 8.50. The summed E-state index contributed by atoms with van der Waals surface area (Å²) in [5, 5.41) is 0.774. The van der Waals surface area contributed by atoms with Crippen LogP contribution in [0.3, 0.4) is 0 Å². The van der Waals surface area contributed by atoms with Crippen molar-refractivity contribution in [3.05, 3.63) is 27.1 Å². The molecule has 1 saturated heterocycles. The Kier molecular flexibility index (Phi) is 4.54. The molecule has 0 N–H and O–H groups in total. The van der Waals surface area contributed by atoms with Gasteiger partial charge in [-0.25, -0.2) is 4.98 Å². The zero-order chi connectivity index (χ0) is 18.4. The van der Waals surface area contributed by atoms with E-state index in [-0.39, 0.29) is 18.0 Å². The molecule has 1 amide bonds. The van der Waals surface area contributed by atoms with Crippen LogP contribution >= 0.6 is 11.3 Å². The molecule has 27 heavy (non-hydrogen) atoms. The van der Waals surface area contributed by atoms with Gasteiger partial charge in [0, 0.05) is 18.0 Å². The molecule has 0 spiro atoms. The van der Waals surface area contributed by atoms with E-state index in [9.17, 15) is 9.59 Å². The van der Waals surface area contributed by atoms with Gasteiger partial charge in [0.2, 0.25) is 5.91 Å². The van der Waals surface area contributed by atoms with Crippen molar-refractivity contribution in [3.63, 3.8) is 0 Å². The lowest BCUT2D eigenvalue weighted by Crippen LogP contribution is -2.46. The van der Waals surface area contributed by atoms with Crippen molar-refractivity contribution in [2.75, 3.05) is 13.1 Å². The van der Waals surface area contributed by atoms with Crippen LogP contribution in [-0.2, 0) is 24.2 Å². The van der Waals surface area contributed by atoms with Crippen molar-refractivity contribution >= 4 is 27.5 Å². The minimum atomic E-state index is -0.0275. The molecule has 2 atom stereocenters. The summed E-state index contributed by atoms with van der Waals surface area (Å²) in [4.78, 5) is 34.6. The fraction of sp³-hybridized carbons (Fsp3) is 0.667. The van der Waals surface area contributed by atoms with E-state index in [1.807, 2.05) is 4.90 Å². The summed E-state index contributed by atoms with van der Waals surface area (Å²) in [7, 11) is 0. The number of hydrogen-bond acceptors (Lipinski definition) is 4. The first-order valence-electron chi connectivity index (χ1n) is 10.5. The second kappa shape index (κ2) is 7.04. The normalized spacial score (nSPS) is 25.3. The number of amides is 1. The van der Waals surface area contributed by atoms with Gasteiger partial charge in [-0.15, -0.1) is 11.3 Å². The van der Waals surface area contributed by atoms with Crippen LogP contribution in [0.15, 0.2) is 11.1 Å². The van der Waals surface area contributed by atoms with E-state index >= 15 is 0 Å². The van der Waals surface area contributed by atoms with Crippen molar-refractivity contribution < 1.29 is 4.79 Å².